The van der Waals surface area contributed by atoms with Crippen LogP contribution in [-0.2, 0) is 0 Å². The van der Waals surface area contributed by atoms with Gasteiger partial charge in [0, 0.05) is 21.7 Å². The SMILES string of the molecule is COc1cc(Br)c(C(=O)c2cc(F)cc(F)c2)cc1OC. The quantitative estimate of drug-likeness (QED) is 0.777. The summed E-state index contributed by atoms with van der Waals surface area (Å²) in [6.07, 6.45) is 0. The van der Waals surface area contributed by atoms with E-state index in [0.717, 1.165) is 12.1 Å². The van der Waals surface area contributed by atoms with E-state index in [9.17, 15) is 13.6 Å². The monoisotopic (exact) mass is 356 g/mol. The average molecular weight is 357 g/mol. The molecule has 0 radical (unpaired) electrons. The Bertz CT molecular complexity index is 681. The van der Waals surface area contributed by atoms with Gasteiger partial charge in [0.1, 0.15) is 11.6 Å². The van der Waals surface area contributed by atoms with Gasteiger partial charge < -0.3 is 9.47 Å². The van der Waals surface area contributed by atoms with Crippen LogP contribution in [0.15, 0.2) is 34.8 Å². The summed E-state index contributed by atoms with van der Waals surface area (Å²) >= 11 is 3.24. The number of hydrogen-bond acceptors (Lipinski definition) is 3. The molecule has 6 heteroatoms. The van der Waals surface area contributed by atoms with Crippen molar-refractivity contribution in [1.29, 1.82) is 0 Å². The molecule has 110 valence electrons. The number of halogens is 3. The lowest BCUT2D eigenvalue weighted by Crippen LogP contribution is -2.05. The van der Waals surface area contributed by atoms with Crippen LogP contribution < -0.4 is 9.47 Å². The van der Waals surface area contributed by atoms with Crippen LogP contribution in [0.2, 0.25) is 0 Å². The first kappa shape index (κ1) is 15.4. The Kier molecular flexibility index (Phi) is 4.57. The van der Waals surface area contributed by atoms with E-state index in [1.807, 2.05) is 0 Å². The molecule has 0 saturated heterocycles. The van der Waals surface area contributed by atoms with Gasteiger partial charge in [0.25, 0.3) is 0 Å². The van der Waals surface area contributed by atoms with Crippen LogP contribution in [0.25, 0.3) is 0 Å². The molecule has 0 amide bonds. The summed E-state index contributed by atoms with van der Waals surface area (Å²) in [6.45, 7) is 0. The Labute approximate surface area is 128 Å². The Hall–Kier alpha value is -1.95. The summed E-state index contributed by atoms with van der Waals surface area (Å²) in [6, 6.07) is 5.68. The van der Waals surface area contributed by atoms with Gasteiger partial charge in [-0.3, -0.25) is 4.79 Å². The fourth-order valence-corrected chi connectivity index (χ4v) is 2.37. The van der Waals surface area contributed by atoms with Crippen LogP contribution in [0, 0.1) is 11.6 Å². The van der Waals surface area contributed by atoms with Gasteiger partial charge in [-0.25, -0.2) is 8.78 Å². The summed E-state index contributed by atoms with van der Waals surface area (Å²) in [5, 5.41) is 0. The van der Waals surface area contributed by atoms with Gasteiger partial charge in [-0.05, 0) is 40.2 Å². The number of ketones is 1. The Morgan fingerprint density at radius 3 is 2.00 bits per heavy atom. The average Bonchev–Trinajstić information content (AvgIpc) is 2.45. The van der Waals surface area contributed by atoms with E-state index in [-0.39, 0.29) is 11.1 Å². The van der Waals surface area contributed by atoms with Gasteiger partial charge in [-0.2, -0.15) is 0 Å². The molecule has 0 saturated carbocycles. The molecule has 0 bridgehead atoms. The molecule has 0 aliphatic heterocycles. The number of carbonyl (C=O) groups excluding carboxylic acids is 1. The highest BCUT2D eigenvalue weighted by Gasteiger charge is 2.18. The summed E-state index contributed by atoms with van der Waals surface area (Å²) in [5.74, 6) is -1.36. The first-order chi connectivity index (χ1) is 9.96. The number of benzene rings is 2. The molecule has 3 nitrogen and oxygen atoms in total. The van der Waals surface area contributed by atoms with Crippen molar-refractivity contribution in [3.05, 3.63) is 57.6 Å². The van der Waals surface area contributed by atoms with Gasteiger partial charge in [0.15, 0.2) is 17.3 Å². The van der Waals surface area contributed by atoms with Crippen molar-refractivity contribution in [2.75, 3.05) is 14.2 Å². The molecule has 2 aromatic carbocycles. The second-order valence-electron chi connectivity index (χ2n) is 4.17. The highest BCUT2D eigenvalue weighted by atomic mass is 79.9. The van der Waals surface area contributed by atoms with E-state index in [2.05, 4.69) is 15.9 Å². The largest absolute Gasteiger partial charge is 0.493 e. The topological polar surface area (TPSA) is 35.5 Å². The Morgan fingerprint density at radius 2 is 1.48 bits per heavy atom. The molecule has 0 heterocycles. The van der Waals surface area contributed by atoms with Gasteiger partial charge in [0.2, 0.25) is 0 Å². The smallest absolute Gasteiger partial charge is 0.194 e. The minimum Gasteiger partial charge on any atom is -0.493 e. The van der Waals surface area contributed by atoms with E-state index in [0.29, 0.717) is 22.0 Å². The normalized spacial score (nSPS) is 10.3. The van der Waals surface area contributed by atoms with Crippen molar-refractivity contribution in [2.24, 2.45) is 0 Å². The predicted molar refractivity (Wildman–Crippen MR) is 77.0 cm³/mol. The zero-order valence-corrected chi connectivity index (χ0v) is 12.8. The van der Waals surface area contributed by atoms with Crippen LogP contribution in [-0.4, -0.2) is 20.0 Å². The molecule has 0 aliphatic rings. The molecule has 21 heavy (non-hydrogen) atoms. The molecule has 0 aliphatic carbocycles. The van der Waals surface area contributed by atoms with Crippen LogP contribution in [0.1, 0.15) is 15.9 Å². The first-order valence-corrected chi connectivity index (χ1v) is 6.68. The molecule has 0 atom stereocenters. The fraction of sp³-hybridized carbons (Fsp3) is 0.133. The molecule has 0 fully saturated rings. The summed E-state index contributed by atoms with van der Waals surface area (Å²) < 4.78 is 37.1. The van der Waals surface area contributed by atoms with Crippen molar-refractivity contribution < 1.29 is 23.0 Å². The van der Waals surface area contributed by atoms with Crippen LogP contribution >= 0.6 is 15.9 Å². The summed E-state index contributed by atoms with van der Waals surface area (Å²) in [4.78, 5) is 12.4. The van der Waals surface area contributed by atoms with Crippen molar-refractivity contribution >= 4 is 21.7 Å². The maximum absolute atomic E-state index is 13.2. The number of rotatable bonds is 4. The van der Waals surface area contributed by atoms with Gasteiger partial charge in [-0.15, -0.1) is 0 Å². The Balaban J connectivity index is 2.52. The molecule has 0 N–H and O–H groups in total. The molecule has 0 spiro atoms. The van der Waals surface area contributed by atoms with Gasteiger partial charge in [-0.1, -0.05) is 0 Å². The van der Waals surface area contributed by atoms with Crippen LogP contribution in [0.5, 0.6) is 11.5 Å². The molecule has 2 rings (SSSR count). The third-order valence-electron chi connectivity index (χ3n) is 2.84. The zero-order chi connectivity index (χ0) is 15.6. The zero-order valence-electron chi connectivity index (χ0n) is 11.2. The van der Waals surface area contributed by atoms with Crippen LogP contribution in [0.3, 0.4) is 0 Å². The highest BCUT2D eigenvalue weighted by molar-refractivity contribution is 9.10. The van der Waals surface area contributed by atoms with Crippen molar-refractivity contribution in [3.8, 4) is 11.5 Å². The third-order valence-corrected chi connectivity index (χ3v) is 3.50. The third kappa shape index (κ3) is 3.21. The van der Waals surface area contributed by atoms with Gasteiger partial charge >= 0.3 is 0 Å². The minimum atomic E-state index is -0.810. The molecular formula is C15H11BrF2O3. The van der Waals surface area contributed by atoms with Crippen molar-refractivity contribution in [1.82, 2.24) is 0 Å². The molecular weight excluding hydrogens is 346 g/mol. The fourth-order valence-electron chi connectivity index (χ4n) is 1.87. The lowest BCUT2D eigenvalue weighted by atomic mass is 10.0. The van der Waals surface area contributed by atoms with Gasteiger partial charge in [0.05, 0.1) is 14.2 Å². The van der Waals surface area contributed by atoms with E-state index in [4.69, 9.17) is 9.47 Å². The predicted octanol–water partition coefficient (Wildman–Crippen LogP) is 3.98. The molecule has 2 aromatic rings. The van der Waals surface area contributed by atoms with Crippen LogP contribution in [0.4, 0.5) is 8.78 Å². The maximum atomic E-state index is 13.2. The lowest BCUT2D eigenvalue weighted by molar-refractivity contribution is 0.103. The number of methoxy groups -OCH3 is 2. The summed E-state index contributed by atoms with van der Waals surface area (Å²) in [7, 11) is 2.90. The van der Waals surface area contributed by atoms with E-state index < -0.39 is 17.4 Å². The standard InChI is InChI=1S/C15H11BrF2O3/c1-20-13-6-11(12(16)7-14(13)21-2)15(19)8-3-9(17)5-10(18)4-8/h3-7H,1-2H3. The summed E-state index contributed by atoms with van der Waals surface area (Å²) in [5.41, 5.74) is 0.137. The van der Waals surface area contributed by atoms with Crippen molar-refractivity contribution in [3.63, 3.8) is 0 Å². The van der Waals surface area contributed by atoms with E-state index in [1.165, 1.54) is 20.3 Å². The number of ether oxygens (including phenoxy) is 2. The first-order valence-electron chi connectivity index (χ1n) is 5.88. The maximum Gasteiger partial charge on any atom is 0.194 e. The Morgan fingerprint density at radius 1 is 0.952 bits per heavy atom. The molecule has 0 aromatic heterocycles. The second-order valence-corrected chi connectivity index (χ2v) is 5.03. The number of carbonyl (C=O) groups is 1. The molecule has 0 unspecified atom stereocenters. The highest BCUT2D eigenvalue weighted by Crippen LogP contribution is 2.34. The van der Waals surface area contributed by atoms with Crippen molar-refractivity contribution in [2.45, 2.75) is 0 Å². The minimum absolute atomic E-state index is 0.0829. The lowest BCUT2D eigenvalue weighted by Gasteiger charge is -2.11. The van der Waals surface area contributed by atoms with E-state index >= 15 is 0 Å². The van der Waals surface area contributed by atoms with E-state index in [1.54, 1.807) is 6.07 Å². The number of hydrogen-bond donors (Lipinski definition) is 0. The second kappa shape index (κ2) is 6.22.